The molecule has 3 aromatic rings. The van der Waals surface area contributed by atoms with E-state index >= 15 is 0 Å². The summed E-state index contributed by atoms with van der Waals surface area (Å²) in [6.07, 6.45) is 1.06. The van der Waals surface area contributed by atoms with Crippen LogP contribution >= 0.6 is 0 Å². The number of fused-ring (bicyclic) bond motifs is 1. The van der Waals surface area contributed by atoms with E-state index < -0.39 is 16.0 Å². The summed E-state index contributed by atoms with van der Waals surface area (Å²) in [6, 6.07) is 16.1. The number of carboxylic acid groups (broad SMARTS) is 1. The Morgan fingerprint density at radius 2 is 1.83 bits per heavy atom. The Labute approximate surface area is 169 Å². The van der Waals surface area contributed by atoms with Gasteiger partial charge in [-0.1, -0.05) is 30.3 Å². The number of hydrogen-bond acceptors (Lipinski definition) is 4. The van der Waals surface area contributed by atoms with Gasteiger partial charge in [-0.2, -0.15) is 4.31 Å². The van der Waals surface area contributed by atoms with Gasteiger partial charge in [-0.3, -0.25) is 4.79 Å². The number of nitrogens with zero attached hydrogens (tertiary/aromatic N) is 2. The van der Waals surface area contributed by atoms with E-state index in [4.69, 9.17) is 0 Å². The molecule has 29 heavy (non-hydrogen) atoms. The van der Waals surface area contributed by atoms with Crippen LogP contribution in [0.1, 0.15) is 18.7 Å². The zero-order chi connectivity index (χ0) is 20.4. The van der Waals surface area contributed by atoms with Crippen LogP contribution < -0.4 is 0 Å². The van der Waals surface area contributed by atoms with Gasteiger partial charge in [0, 0.05) is 25.9 Å². The molecule has 0 unspecified atom stereocenters. The van der Waals surface area contributed by atoms with Crippen molar-refractivity contribution < 1.29 is 18.3 Å². The number of aromatic nitrogens is 2. The number of H-pyrrole nitrogens is 1. The highest BCUT2D eigenvalue weighted by Crippen LogP contribution is 2.32. The standard InChI is InChI=1S/C21H23N3O4S/c25-21(26)13-15-10-11-24(29(27,28)17-6-2-1-3-7-17)14-16(15)12-20-22-18-8-4-5-9-19(18)23-20/h1-9,15-16H,10-14H2,(H,22,23)(H,25,26)/t15-,16-/m0/s1. The maximum Gasteiger partial charge on any atom is 0.303 e. The van der Waals surface area contributed by atoms with Gasteiger partial charge >= 0.3 is 5.97 Å². The van der Waals surface area contributed by atoms with Crippen molar-refractivity contribution in [2.24, 2.45) is 11.8 Å². The van der Waals surface area contributed by atoms with Crippen LogP contribution in [-0.2, 0) is 21.2 Å². The lowest BCUT2D eigenvalue weighted by Crippen LogP contribution is -2.45. The molecule has 2 atom stereocenters. The van der Waals surface area contributed by atoms with Gasteiger partial charge in [0.25, 0.3) is 0 Å². The molecule has 2 aromatic carbocycles. The first-order chi connectivity index (χ1) is 13.9. The third-order valence-corrected chi connectivity index (χ3v) is 7.45. The Morgan fingerprint density at radius 1 is 1.10 bits per heavy atom. The molecule has 7 nitrogen and oxygen atoms in total. The number of sulfonamides is 1. The van der Waals surface area contributed by atoms with Crippen molar-refractivity contribution in [2.75, 3.05) is 13.1 Å². The van der Waals surface area contributed by atoms with E-state index in [0.717, 1.165) is 16.9 Å². The van der Waals surface area contributed by atoms with E-state index in [-0.39, 0.29) is 29.7 Å². The van der Waals surface area contributed by atoms with Crippen LogP contribution in [0.3, 0.4) is 0 Å². The van der Waals surface area contributed by atoms with E-state index in [1.165, 1.54) is 4.31 Å². The monoisotopic (exact) mass is 413 g/mol. The Kier molecular flexibility index (Phi) is 5.38. The van der Waals surface area contributed by atoms with E-state index in [1.54, 1.807) is 30.3 Å². The summed E-state index contributed by atoms with van der Waals surface area (Å²) in [6.45, 7) is 0.609. The summed E-state index contributed by atoms with van der Waals surface area (Å²) < 4.78 is 27.6. The zero-order valence-corrected chi connectivity index (χ0v) is 16.7. The SMILES string of the molecule is O=C(O)C[C@@H]1CCN(S(=O)(=O)c2ccccc2)C[C@@H]1Cc1nc2ccccc2[nH]1. The molecular formula is C21H23N3O4S. The maximum atomic E-state index is 13.0. The molecule has 1 fully saturated rings. The van der Waals surface area contributed by atoms with Crippen molar-refractivity contribution in [1.29, 1.82) is 0 Å². The Hall–Kier alpha value is -2.71. The largest absolute Gasteiger partial charge is 0.481 e. The van der Waals surface area contributed by atoms with Crippen LogP contribution in [0.25, 0.3) is 11.0 Å². The average Bonchev–Trinajstić information content (AvgIpc) is 3.12. The Balaban J connectivity index is 1.59. The first kappa shape index (κ1) is 19.6. The number of benzene rings is 2. The van der Waals surface area contributed by atoms with Crippen molar-refractivity contribution in [3.63, 3.8) is 0 Å². The van der Waals surface area contributed by atoms with Gasteiger partial charge in [-0.05, 0) is 42.5 Å². The lowest BCUT2D eigenvalue weighted by Gasteiger charge is -2.37. The first-order valence-corrected chi connectivity index (χ1v) is 11.1. The normalized spacial score (nSPS) is 20.7. The van der Waals surface area contributed by atoms with Crippen LogP contribution in [0, 0.1) is 11.8 Å². The molecule has 8 heteroatoms. The van der Waals surface area contributed by atoms with Gasteiger partial charge in [0.1, 0.15) is 5.82 Å². The number of imidazole rings is 1. The minimum atomic E-state index is -3.61. The van der Waals surface area contributed by atoms with Gasteiger partial charge in [-0.15, -0.1) is 0 Å². The number of aromatic amines is 1. The molecule has 1 aromatic heterocycles. The summed E-state index contributed by atoms with van der Waals surface area (Å²) in [7, 11) is -3.61. The minimum Gasteiger partial charge on any atom is -0.481 e. The Bertz CT molecular complexity index is 1080. The molecule has 1 aliphatic heterocycles. The fourth-order valence-electron chi connectivity index (χ4n) is 4.08. The van der Waals surface area contributed by atoms with Crippen molar-refractivity contribution in [1.82, 2.24) is 14.3 Å². The highest BCUT2D eigenvalue weighted by molar-refractivity contribution is 7.89. The summed E-state index contributed by atoms with van der Waals surface area (Å²) in [4.78, 5) is 19.5. The van der Waals surface area contributed by atoms with Gasteiger partial charge in [-0.25, -0.2) is 13.4 Å². The summed E-state index contributed by atoms with van der Waals surface area (Å²) >= 11 is 0. The lowest BCUT2D eigenvalue weighted by atomic mass is 9.82. The van der Waals surface area contributed by atoms with Crippen LogP contribution in [0.15, 0.2) is 59.5 Å². The molecule has 0 spiro atoms. The molecule has 1 aliphatic rings. The second-order valence-electron chi connectivity index (χ2n) is 7.49. The fraction of sp³-hybridized carbons (Fsp3) is 0.333. The summed E-state index contributed by atoms with van der Waals surface area (Å²) in [5.41, 5.74) is 1.77. The van der Waals surface area contributed by atoms with E-state index in [9.17, 15) is 18.3 Å². The third kappa shape index (κ3) is 4.18. The molecule has 152 valence electrons. The number of hydrogen-bond donors (Lipinski definition) is 2. The van der Waals surface area contributed by atoms with Gasteiger partial charge < -0.3 is 10.1 Å². The summed E-state index contributed by atoms with van der Waals surface area (Å²) in [5, 5.41) is 9.31. The molecule has 2 heterocycles. The van der Waals surface area contributed by atoms with E-state index in [1.807, 2.05) is 24.3 Å². The highest BCUT2D eigenvalue weighted by atomic mass is 32.2. The van der Waals surface area contributed by atoms with Gasteiger partial charge in [0.15, 0.2) is 0 Å². The highest BCUT2D eigenvalue weighted by Gasteiger charge is 2.36. The Morgan fingerprint density at radius 3 is 2.55 bits per heavy atom. The molecule has 0 saturated carbocycles. The molecular weight excluding hydrogens is 390 g/mol. The maximum absolute atomic E-state index is 13.0. The number of rotatable bonds is 6. The zero-order valence-electron chi connectivity index (χ0n) is 15.9. The van der Waals surface area contributed by atoms with E-state index in [2.05, 4.69) is 9.97 Å². The average molecular weight is 413 g/mol. The van der Waals surface area contributed by atoms with Crippen molar-refractivity contribution in [3.05, 3.63) is 60.4 Å². The predicted molar refractivity (Wildman–Crippen MR) is 109 cm³/mol. The number of aliphatic carboxylic acids is 1. The van der Waals surface area contributed by atoms with Crippen LogP contribution in [0.4, 0.5) is 0 Å². The molecule has 1 saturated heterocycles. The van der Waals surface area contributed by atoms with E-state index in [0.29, 0.717) is 19.4 Å². The molecule has 4 rings (SSSR count). The van der Waals surface area contributed by atoms with Crippen LogP contribution in [-0.4, -0.2) is 46.9 Å². The van der Waals surface area contributed by atoms with Crippen molar-refractivity contribution >= 4 is 27.0 Å². The predicted octanol–water partition coefficient (Wildman–Crippen LogP) is 2.91. The van der Waals surface area contributed by atoms with Gasteiger partial charge in [0.05, 0.1) is 15.9 Å². The minimum absolute atomic E-state index is 0.0319. The number of nitrogens with one attached hydrogen (secondary N) is 1. The number of carboxylic acids is 1. The smallest absolute Gasteiger partial charge is 0.303 e. The topological polar surface area (TPSA) is 103 Å². The first-order valence-electron chi connectivity index (χ1n) is 9.64. The quantitative estimate of drug-likeness (QED) is 0.647. The number of piperidine rings is 1. The molecule has 0 amide bonds. The van der Waals surface area contributed by atoms with Crippen molar-refractivity contribution in [3.8, 4) is 0 Å². The van der Waals surface area contributed by atoms with Crippen LogP contribution in [0.5, 0.6) is 0 Å². The van der Waals surface area contributed by atoms with Crippen LogP contribution in [0.2, 0.25) is 0 Å². The second-order valence-corrected chi connectivity index (χ2v) is 9.43. The third-order valence-electron chi connectivity index (χ3n) is 5.57. The molecule has 0 aliphatic carbocycles. The number of carbonyl (C=O) groups is 1. The second kappa shape index (κ2) is 7.96. The van der Waals surface area contributed by atoms with Gasteiger partial charge in [0.2, 0.25) is 10.0 Å². The number of para-hydroxylation sites is 2. The summed E-state index contributed by atoms with van der Waals surface area (Å²) in [5.74, 6) is -0.323. The van der Waals surface area contributed by atoms with Crippen molar-refractivity contribution in [2.45, 2.75) is 24.2 Å². The molecule has 0 bridgehead atoms. The lowest BCUT2D eigenvalue weighted by molar-refractivity contribution is -0.138. The fourth-order valence-corrected chi connectivity index (χ4v) is 5.61. The molecule has 0 radical (unpaired) electrons. The molecule has 2 N–H and O–H groups in total.